The van der Waals surface area contributed by atoms with Gasteiger partial charge in [-0.3, -0.25) is 0 Å². The lowest BCUT2D eigenvalue weighted by molar-refractivity contribution is 0.660. The second-order valence-electron chi connectivity index (χ2n) is 7.42. The van der Waals surface area contributed by atoms with Crippen molar-refractivity contribution in [2.75, 3.05) is 0 Å². The summed E-state index contributed by atoms with van der Waals surface area (Å²) in [5.41, 5.74) is 9.24. The average molecular weight is 341 g/mol. The summed E-state index contributed by atoms with van der Waals surface area (Å²) in [6, 6.07) is 22.0. The van der Waals surface area contributed by atoms with Gasteiger partial charge in [0.15, 0.2) is 0 Å². The number of aryl methyl sites for hydroxylation is 1. The van der Waals surface area contributed by atoms with Gasteiger partial charge in [0.25, 0.3) is 0 Å². The summed E-state index contributed by atoms with van der Waals surface area (Å²) in [5, 5.41) is 1.10. The van der Waals surface area contributed by atoms with Crippen molar-refractivity contribution in [1.82, 2.24) is 4.98 Å². The maximum absolute atomic E-state index is 4.84. The van der Waals surface area contributed by atoms with Crippen molar-refractivity contribution in [2.24, 2.45) is 0 Å². The smallest absolute Gasteiger partial charge is 0.124 e. The Morgan fingerprint density at radius 3 is 2.36 bits per heavy atom. The molecule has 1 aliphatic rings. The topological polar surface area (TPSA) is 12.9 Å². The van der Waals surface area contributed by atoms with E-state index in [9.17, 15) is 0 Å². The lowest BCUT2D eigenvalue weighted by atomic mass is 9.81. The zero-order valence-electron chi connectivity index (χ0n) is 14.6. The van der Waals surface area contributed by atoms with Crippen LogP contribution in [0.3, 0.4) is 0 Å². The molecule has 0 fully saturated rings. The van der Waals surface area contributed by atoms with Crippen LogP contribution in [0.15, 0.2) is 60.7 Å². The van der Waals surface area contributed by atoms with Gasteiger partial charge in [0.2, 0.25) is 0 Å². The van der Waals surface area contributed by atoms with Crippen LogP contribution < -0.4 is 0 Å². The number of benzene rings is 3. The SMILES string of the molecule is Cc1ccc2c(c1)C(C)(C)c1cc(-c3nc4ccccc4s3)ccc1-2. The van der Waals surface area contributed by atoms with Gasteiger partial charge in [-0.1, -0.05) is 61.9 Å². The highest BCUT2D eigenvalue weighted by molar-refractivity contribution is 7.21. The molecule has 0 N–H and O–H groups in total. The van der Waals surface area contributed by atoms with Crippen LogP contribution in [0.4, 0.5) is 0 Å². The van der Waals surface area contributed by atoms with E-state index in [1.165, 1.54) is 38.1 Å². The van der Waals surface area contributed by atoms with Crippen molar-refractivity contribution < 1.29 is 0 Å². The highest BCUT2D eigenvalue weighted by atomic mass is 32.1. The number of aromatic nitrogens is 1. The summed E-state index contributed by atoms with van der Waals surface area (Å²) in [5.74, 6) is 0. The molecule has 0 saturated heterocycles. The Hall–Kier alpha value is -2.45. The molecule has 1 heterocycles. The van der Waals surface area contributed by atoms with E-state index in [2.05, 4.69) is 81.4 Å². The van der Waals surface area contributed by atoms with Crippen molar-refractivity contribution >= 4 is 21.6 Å². The molecular weight excluding hydrogens is 322 g/mol. The molecule has 0 bridgehead atoms. The van der Waals surface area contributed by atoms with E-state index in [0.29, 0.717) is 0 Å². The Bertz CT molecular complexity index is 1100. The van der Waals surface area contributed by atoms with E-state index in [4.69, 9.17) is 4.98 Å². The maximum atomic E-state index is 4.84. The van der Waals surface area contributed by atoms with Gasteiger partial charge in [-0.25, -0.2) is 4.98 Å². The van der Waals surface area contributed by atoms with E-state index >= 15 is 0 Å². The standard InChI is InChI=1S/C23H19NS/c1-14-8-10-16-17-11-9-15(13-19(17)23(2,3)18(16)12-14)22-24-20-6-4-5-7-21(20)25-22/h4-13H,1-3H3. The first-order valence-corrected chi connectivity index (χ1v) is 9.48. The summed E-state index contributed by atoms with van der Waals surface area (Å²) >= 11 is 1.77. The van der Waals surface area contributed by atoms with Crippen LogP contribution in [0.2, 0.25) is 0 Å². The number of hydrogen-bond acceptors (Lipinski definition) is 2. The largest absolute Gasteiger partial charge is 0.236 e. The summed E-state index contributed by atoms with van der Waals surface area (Å²) in [4.78, 5) is 4.84. The number of hydrogen-bond donors (Lipinski definition) is 0. The third kappa shape index (κ3) is 2.11. The summed E-state index contributed by atoms with van der Waals surface area (Å²) < 4.78 is 1.25. The Morgan fingerprint density at radius 2 is 1.56 bits per heavy atom. The van der Waals surface area contributed by atoms with Crippen LogP contribution >= 0.6 is 11.3 Å². The van der Waals surface area contributed by atoms with Crippen LogP contribution in [0.25, 0.3) is 31.9 Å². The van der Waals surface area contributed by atoms with Crippen molar-refractivity contribution in [3.8, 4) is 21.7 Å². The fourth-order valence-corrected chi connectivity index (χ4v) is 4.94. The predicted octanol–water partition coefficient (Wildman–Crippen LogP) is 6.58. The van der Waals surface area contributed by atoms with Crippen molar-refractivity contribution in [3.63, 3.8) is 0 Å². The molecular formula is C23H19NS. The molecule has 0 unspecified atom stereocenters. The van der Waals surface area contributed by atoms with Crippen LogP contribution in [0, 0.1) is 6.92 Å². The summed E-state index contributed by atoms with van der Waals surface area (Å²) in [6.07, 6.45) is 0. The fourth-order valence-electron chi connectivity index (χ4n) is 3.98. The van der Waals surface area contributed by atoms with Crippen LogP contribution in [0.5, 0.6) is 0 Å². The Balaban J connectivity index is 1.70. The highest BCUT2D eigenvalue weighted by Crippen LogP contribution is 2.50. The lowest BCUT2D eigenvalue weighted by Gasteiger charge is -2.22. The number of fused-ring (bicyclic) bond motifs is 4. The van der Waals surface area contributed by atoms with Gasteiger partial charge in [0.05, 0.1) is 10.2 Å². The molecule has 1 aliphatic carbocycles. The van der Waals surface area contributed by atoms with Gasteiger partial charge in [-0.05, 0) is 47.4 Å². The van der Waals surface area contributed by atoms with Crippen molar-refractivity contribution in [1.29, 1.82) is 0 Å². The van der Waals surface area contributed by atoms with Crippen LogP contribution in [-0.2, 0) is 5.41 Å². The first-order valence-electron chi connectivity index (χ1n) is 8.66. The van der Waals surface area contributed by atoms with Crippen LogP contribution in [-0.4, -0.2) is 4.98 Å². The number of rotatable bonds is 1. The van der Waals surface area contributed by atoms with E-state index in [-0.39, 0.29) is 5.41 Å². The predicted molar refractivity (Wildman–Crippen MR) is 107 cm³/mol. The molecule has 122 valence electrons. The molecule has 0 radical (unpaired) electrons. The molecule has 0 spiro atoms. The van der Waals surface area contributed by atoms with Crippen molar-refractivity contribution in [3.05, 3.63) is 77.4 Å². The molecule has 0 atom stereocenters. The molecule has 3 aromatic carbocycles. The first kappa shape index (κ1) is 14.9. The van der Waals surface area contributed by atoms with Crippen molar-refractivity contribution in [2.45, 2.75) is 26.2 Å². The molecule has 1 aromatic heterocycles. The molecule has 0 saturated carbocycles. The normalized spacial score (nSPS) is 14.5. The summed E-state index contributed by atoms with van der Waals surface area (Å²) in [7, 11) is 0. The van der Waals surface area contributed by atoms with E-state index in [1.807, 2.05) is 0 Å². The Morgan fingerprint density at radius 1 is 0.840 bits per heavy atom. The molecule has 4 aromatic rings. The van der Waals surface area contributed by atoms with Gasteiger partial charge in [-0.2, -0.15) is 0 Å². The van der Waals surface area contributed by atoms with Gasteiger partial charge in [-0.15, -0.1) is 11.3 Å². The number of thiazole rings is 1. The second-order valence-corrected chi connectivity index (χ2v) is 8.45. The molecule has 2 heteroatoms. The minimum atomic E-state index is 0.0311. The zero-order valence-corrected chi connectivity index (χ0v) is 15.4. The van der Waals surface area contributed by atoms with E-state index < -0.39 is 0 Å². The maximum Gasteiger partial charge on any atom is 0.124 e. The number of nitrogens with zero attached hydrogens (tertiary/aromatic N) is 1. The lowest BCUT2D eigenvalue weighted by Crippen LogP contribution is -2.15. The molecule has 5 rings (SSSR count). The second kappa shape index (κ2) is 5.03. The zero-order chi connectivity index (χ0) is 17.2. The number of para-hydroxylation sites is 1. The minimum Gasteiger partial charge on any atom is -0.236 e. The van der Waals surface area contributed by atoms with Gasteiger partial charge >= 0.3 is 0 Å². The van der Waals surface area contributed by atoms with Gasteiger partial charge < -0.3 is 0 Å². The van der Waals surface area contributed by atoms with E-state index in [0.717, 1.165) is 10.5 Å². The first-order chi connectivity index (χ1) is 12.0. The molecule has 0 amide bonds. The van der Waals surface area contributed by atoms with Gasteiger partial charge in [0.1, 0.15) is 5.01 Å². The van der Waals surface area contributed by atoms with Crippen LogP contribution in [0.1, 0.15) is 30.5 Å². The average Bonchev–Trinajstić information content (AvgIpc) is 3.13. The Labute approximate surface area is 152 Å². The molecule has 1 nitrogen and oxygen atoms in total. The molecule has 0 aliphatic heterocycles. The third-order valence-corrected chi connectivity index (χ3v) is 6.46. The summed E-state index contributed by atoms with van der Waals surface area (Å²) in [6.45, 7) is 6.84. The quantitative estimate of drug-likeness (QED) is 0.381. The minimum absolute atomic E-state index is 0.0311. The van der Waals surface area contributed by atoms with Gasteiger partial charge in [0, 0.05) is 11.0 Å². The third-order valence-electron chi connectivity index (χ3n) is 5.37. The molecule has 25 heavy (non-hydrogen) atoms. The Kier molecular flexibility index (Phi) is 2.99. The highest BCUT2D eigenvalue weighted by Gasteiger charge is 2.35. The van der Waals surface area contributed by atoms with E-state index in [1.54, 1.807) is 11.3 Å². The monoisotopic (exact) mass is 341 g/mol. The fraction of sp³-hybridized carbons (Fsp3) is 0.174.